The third-order valence-corrected chi connectivity index (χ3v) is 3.11. The van der Waals surface area contributed by atoms with E-state index >= 15 is 0 Å². The molecule has 0 amide bonds. The predicted molar refractivity (Wildman–Crippen MR) is 70.2 cm³/mol. The average Bonchev–Trinajstić information content (AvgIpc) is 2.35. The molecule has 0 bridgehead atoms. The number of carbonyl (C=O) groups excluding carboxylic acids is 1. The van der Waals surface area contributed by atoms with E-state index in [1.165, 1.54) is 18.2 Å². The minimum atomic E-state index is -0.460. The van der Waals surface area contributed by atoms with Gasteiger partial charge in [-0.25, -0.2) is 4.39 Å². The van der Waals surface area contributed by atoms with Crippen molar-refractivity contribution in [1.29, 1.82) is 0 Å². The van der Waals surface area contributed by atoms with Gasteiger partial charge in [-0.2, -0.15) is 0 Å². The van der Waals surface area contributed by atoms with E-state index in [0.717, 1.165) is 11.1 Å². The highest BCUT2D eigenvalue weighted by Gasteiger charge is 2.15. The number of nitrogens with two attached hydrogens (primary N) is 1. The molecule has 0 heterocycles. The zero-order chi connectivity index (χ0) is 13.3. The number of anilines is 1. The molecule has 0 aromatic heterocycles. The van der Waals surface area contributed by atoms with E-state index in [0.29, 0.717) is 11.3 Å². The molecule has 2 N–H and O–H groups in total. The van der Waals surface area contributed by atoms with Gasteiger partial charge < -0.3 is 5.73 Å². The third-order valence-electron chi connectivity index (χ3n) is 3.11. The molecule has 0 saturated carbocycles. The van der Waals surface area contributed by atoms with E-state index < -0.39 is 5.82 Å². The second-order valence-electron chi connectivity index (χ2n) is 4.31. The van der Waals surface area contributed by atoms with Crippen LogP contribution in [0.2, 0.25) is 0 Å². The monoisotopic (exact) mass is 243 g/mol. The topological polar surface area (TPSA) is 43.1 Å². The van der Waals surface area contributed by atoms with Crippen LogP contribution < -0.4 is 5.73 Å². The summed E-state index contributed by atoms with van der Waals surface area (Å²) in [6.45, 7) is 3.80. The molecular weight excluding hydrogens is 229 g/mol. The lowest BCUT2D eigenvalue weighted by atomic mass is 9.95. The molecule has 0 aliphatic carbocycles. The molecule has 0 radical (unpaired) electrons. The molecule has 2 aromatic carbocycles. The van der Waals surface area contributed by atoms with Gasteiger partial charge >= 0.3 is 0 Å². The van der Waals surface area contributed by atoms with Crippen LogP contribution in [0.3, 0.4) is 0 Å². The fraction of sp³-hybridized carbons (Fsp3) is 0.133. The lowest BCUT2D eigenvalue weighted by Crippen LogP contribution is -2.08. The Bertz CT molecular complexity index is 616. The van der Waals surface area contributed by atoms with Crippen molar-refractivity contribution in [3.63, 3.8) is 0 Å². The number of aryl methyl sites for hydroxylation is 1. The van der Waals surface area contributed by atoms with Gasteiger partial charge in [-0.3, -0.25) is 4.79 Å². The Morgan fingerprint density at radius 1 is 1.11 bits per heavy atom. The molecule has 0 spiro atoms. The summed E-state index contributed by atoms with van der Waals surface area (Å²) < 4.78 is 13.2. The van der Waals surface area contributed by atoms with Gasteiger partial charge in [0.2, 0.25) is 0 Å². The molecule has 92 valence electrons. The van der Waals surface area contributed by atoms with Crippen molar-refractivity contribution >= 4 is 11.5 Å². The average molecular weight is 243 g/mol. The van der Waals surface area contributed by atoms with Crippen LogP contribution in [0.15, 0.2) is 36.4 Å². The molecule has 0 saturated heterocycles. The fourth-order valence-electron chi connectivity index (χ4n) is 1.87. The molecule has 0 aliphatic rings. The maximum absolute atomic E-state index is 13.2. The third kappa shape index (κ3) is 2.12. The van der Waals surface area contributed by atoms with Crippen molar-refractivity contribution in [2.24, 2.45) is 0 Å². The highest BCUT2D eigenvalue weighted by molar-refractivity contribution is 6.12. The minimum Gasteiger partial charge on any atom is -0.398 e. The summed E-state index contributed by atoms with van der Waals surface area (Å²) in [4.78, 5) is 12.3. The van der Waals surface area contributed by atoms with E-state index in [9.17, 15) is 9.18 Å². The summed E-state index contributed by atoms with van der Waals surface area (Å²) in [5.41, 5.74) is 8.71. The van der Waals surface area contributed by atoms with Crippen LogP contribution in [-0.2, 0) is 0 Å². The lowest BCUT2D eigenvalue weighted by Gasteiger charge is -2.09. The first kappa shape index (κ1) is 12.3. The number of halogens is 1. The van der Waals surface area contributed by atoms with Gasteiger partial charge in [0.15, 0.2) is 5.78 Å². The highest BCUT2D eigenvalue weighted by Crippen LogP contribution is 2.21. The summed E-state index contributed by atoms with van der Waals surface area (Å²) in [7, 11) is 0. The van der Waals surface area contributed by atoms with Gasteiger partial charge in [0.1, 0.15) is 5.82 Å². The van der Waals surface area contributed by atoms with Crippen molar-refractivity contribution in [3.05, 3.63) is 64.5 Å². The maximum Gasteiger partial charge on any atom is 0.195 e. The summed E-state index contributed by atoms with van der Waals surface area (Å²) in [6.07, 6.45) is 0. The number of rotatable bonds is 2. The van der Waals surface area contributed by atoms with Crippen LogP contribution in [0.1, 0.15) is 27.0 Å². The molecule has 2 aromatic rings. The number of ketones is 1. The van der Waals surface area contributed by atoms with Crippen molar-refractivity contribution < 1.29 is 9.18 Å². The van der Waals surface area contributed by atoms with Gasteiger partial charge in [0.05, 0.1) is 0 Å². The standard InChI is InChI=1S/C15H14FNO/c1-9-4-3-5-12(10(9)2)15(18)13-8-11(16)6-7-14(13)17/h3-8H,17H2,1-2H3. The van der Waals surface area contributed by atoms with Crippen molar-refractivity contribution in [3.8, 4) is 0 Å². The first-order valence-electron chi connectivity index (χ1n) is 5.66. The minimum absolute atomic E-state index is 0.212. The first-order valence-corrected chi connectivity index (χ1v) is 5.66. The number of hydrogen-bond donors (Lipinski definition) is 1. The summed E-state index contributed by atoms with van der Waals surface area (Å²) in [5, 5.41) is 0. The summed E-state index contributed by atoms with van der Waals surface area (Å²) in [6, 6.07) is 9.31. The predicted octanol–water partition coefficient (Wildman–Crippen LogP) is 3.26. The largest absolute Gasteiger partial charge is 0.398 e. The van der Waals surface area contributed by atoms with E-state index in [-0.39, 0.29) is 11.3 Å². The van der Waals surface area contributed by atoms with Crippen molar-refractivity contribution in [2.45, 2.75) is 13.8 Å². The van der Waals surface area contributed by atoms with Gasteiger partial charge in [-0.05, 0) is 43.2 Å². The fourth-order valence-corrected chi connectivity index (χ4v) is 1.87. The molecule has 0 aliphatic heterocycles. The second kappa shape index (κ2) is 4.61. The van der Waals surface area contributed by atoms with Crippen LogP contribution in [0.25, 0.3) is 0 Å². The smallest absolute Gasteiger partial charge is 0.195 e. The second-order valence-corrected chi connectivity index (χ2v) is 4.31. The quantitative estimate of drug-likeness (QED) is 0.650. The van der Waals surface area contributed by atoms with E-state index in [1.54, 1.807) is 6.07 Å². The van der Waals surface area contributed by atoms with Gasteiger partial charge in [0.25, 0.3) is 0 Å². The Morgan fingerprint density at radius 2 is 1.83 bits per heavy atom. The van der Waals surface area contributed by atoms with E-state index in [1.807, 2.05) is 26.0 Å². The molecule has 2 nitrogen and oxygen atoms in total. The van der Waals surface area contributed by atoms with E-state index in [4.69, 9.17) is 5.73 Å². The summed E-state index contributed by atoms with van der Waals surface area (Å²) >= 11 is 0. The highest BCUT2D eigenvalue weighted by atomic mass is 19.1. The van der Waals surface area contributed by atoms with Crippen LogP contribution in [-0.4, -0.2) is 5.78 Å². The molecule has 18 heavy (non-hydrogen) atoms. The molecule has 0 fully saturated rings. The number of carbonyl (C=O) groups is 1. The van der Waals surface area contributed by atoms with Gasteiger partial charge in [0, 0.05) is 16.8 Å². The lowest BCUT2D eigenvalue weighted by molar-refractivity contribution is 0.103. The molecule has 0 unspecified atom stereocenters. The number of nitrogen functional groups attached to an aromatic ring is 1. The summed E-state index contributed by atoms with van der Waals surface area (Å²) in [5.74, 6) is -0.703. The zero-order valence-corrected chi connectivity index (χ0v) is 10.3. The Balaban J connectivity index is 2.55. The Hall–Kier alpha value is -2.16. The van der Waals surface area contributed by atoms with Crippen LogP contribution >= 0.6 is 0 Å². The SMILES string of the molecule is Cc1cccc(C(=O)c2cc(F)ccc2N)c1C. The molecular formula is C15H14FNO. The Morgan fingerprint density at radius 3 is 2.56 bits per heavy atom. The van der Waals surface area contributed by atoms with Gasteiger partial charge in [-0.15, -0.1) is 0 Å². The normalized spacial score (nSPS) is 10.4. The number of hydrogen-bond acceptors (Lipinski definition) is 2. The van der Waals surface area contributed by atoms with Crippen LogP contribution in [0, 0.1) is 19.7 Å². The Kier molecular flexibility index (Phi) is 3.15. The first-order chi connectivity index (χ1) is 8.50. The van der Waals surface area contributed by atoms with Crippen molar-refractivity contribution in [2.75, 3.05) is 5.73 Å². The zero-order valence-electron chi connectivity index (χ0n) is 10.3. The number of benzene rings is 2. The molecule has 3 heteroatoms. The van der Waals surface area contributed by atoms with Crippen LogP contribution in [0.4, 0.5) is 10.1 Å². The molecule has 0 atom stereocenters. The van der Waals surface area contributed by atoms with Gasteiger partial charge in [-0.1, -0.05) is 18.2 Å². The van der Waals surface area contributed by atoms with Crippen molar-refractivity contribution in [1.82, 2.24) is 0 Å². The van der Waals surface area contributed by atoms with E-state index in [2.05, 4.69) is 0 Å². The Labute approximate surface area is 105 Å². The molecule has 2 rings (SSSR count). The maximum atomic E-state index is 13.2. The van der Waals surface area contributed by atoms with Crippen LogP contribution in [0.5, 0.6) is 0 Å².